The van der Waals surface area contributed by atoms with E-state index in [1.807, 2.05) is 37.3 Å². The van der Waals surface area contributed by atoms with Crippen LogP contribution in [-0.4, -0.2) is 25.3 Å². The van der Waals surface area contributed by atoms with Crippen LogP contribution in [0.15, 0.2) is 53.4 Å². The summed E-state index contributed by atoms with van der Waals surface area (Å²) in [6, 6.07) is 15.2. The van der Waals surface area contributed by atoms with Crippen molar-refractivity contribution in [1.29, 1.82) is 0 Å². The highest BCUT2D eigenvalue weighted by Crippen LogP contribution is 2.30. The molecule has 0 radical (unpaired) electrons. The van der Waals surface area contributed by atoms with Crippen molar-refractivity contribution in [3.8, 4) is 11.5 Å². The van der Waals surface area contributed by atoms with Gasteiger partial charge in [0.1, 0.15) is 0 Å². The van der Waals surface area contributed by atoms with Gasteiger partial charge in [-0.25, -0.2) is 0 Å². The quantitative estimate of drug-likeness (QED) is 0.595. The fraction of sp³-hybridized carbons (Fsp3) is 0.235. The van der Waals surface area contributed by atoms with Gasteiger partial charge in [0.2, 0.25) is 0 Å². The number of methoxy groups -OCH3 is 2. The molecule has 0 aliphatic heterocycles. The molecule has 3 nitrogen and oxygen atoms in total. The van der Waals surface area contributed by atoms with Gasteiger partial charge in [0.05, 0.1) is 19.5 Å². The second kappa shape index (κ2) is 7.18. The Hall–Kier alpha value is -1.94. The van der Waals surface area contributed by atoms with Gasteiger partial charge in [-0.2, -0.15) is 0 Å². The highest BCUT2D eigenvalue weighted by Gasteiger charge is 2.18. The monoisotopic (exact) mass is 302 g/mol. The maximum absolute atomic E-state index is 12.5. The molecule has 21 heavy (non-hydrogen) atoms. The summed E-state index contributed by atoms with van der Waals surface area (Å²) in [6.07, 6.45) is 0. The number of ketones is 1. The molecule has 0 fully saturated rings. The molecule has 4 heteroatoms. The molecule has 0 aromatic heterocycles. The number of ether oxygens (including phenoxy) is 2. The first-order chi connectivity index (χ1) is 10.2. The minimum atomic E-state index is -0.162. The van der Waals surface area contributed by atoms with E-state index in [1.54, 1.807) is 44.2 Å². The molecule has 0 heterocycles. The lowest BCUT2D eigenvalue weighted by atomic mass is 10.1. The maximum atomic E-state index is 12.5. The zero-order valence-corrected chi connectivity index (χ0v) is 13.1. The van der Waals surface area contributed by atoms with Crippen molar-refractivity contribution < 1.29 is 14.3 Å². The summed E-state index contributed by atoms with van der Waals surface area (Å²) in [4.78, 5) is 13.6. The van der Waals surface area contributed by atoms with Gasteiger partial charge in [0.25, 0.3) is 0 Å². The van der Waals surface area contributed by atoms with Gasteiger partial charge >= 0.3 is 0 Å². The number of Topliss-reactive ketones (excluding diaryl/α,β-unsaturated/α-hetero) is 1. The Balaban J connectivity index is 2.15. The summed E-state index contributed by atoms with van der Waals surface area (Å²) < 4.78 is 10.4. The first-order valence-electron chi connectivity index (χ1n) is 6.63. The van der Waals surface area contributed by atoms with E-state index in [9.17, 15) is 4.79 Å². The molecule has 0 N–H and O–H groups in total. The third-order valence-electron chi connectivity index (χ3n) is 3.09. The first kappa shape index (κ1) is 15.4. The smallest absolute Gasteiger partial charge is 0.176 e. The van der Waals surface area contributed by atoms with Crippen LogP contribution in [0.5, 0.6) is 11.5 Å². The van der Waals surface area contributed by atoms with Gasteiger partial charge in [-0.05, 0) is 37.3 Å². The van der Waals surface area contributed by atoms with Crippen LogP contribution in [-0.2, 0) is 0 Å². The second-order valence-corrected chi connectivity index (χ2v) is 5.92. The SMILES string of the molecule is COc1ccc(C(=O)C(C)Sc2ccccc2)cc1OC. The minimum absolute atomic E-state index is 0.0739. The summed E-state index contributed by atoms with van der Waals surface area (Å²) >= 11 is 1.55. The van der Waals surface area contributed by atoms with E-state index in [0.29, 0.717) is 17.1 Å². The Morgan fingerprint density at radius 2 is 1.67 bits per heavy atom. The maximum Gasteiger partial charge on any atom is 0.176 e. The number of carbonyl (C=O) groups is 1. The highest BCUT2D eigenvalue weighted by atomic mass is 32.2. The molecule has 0 aliphatic carbocycles. The number of benzene rings is 2. The summed E-state index contributed by atoms with van der Waals surface area (Å²) in [5.74, 6) is 1.27. The molecule has 0 saturated carbocycles. The van der Waals surface area contributed by atoms with Gasteiger partial charge < -0.3 is 9.47 Å². The highest BCUT2D eigenvalue weighted by molar-refractivity contribution is 8.00. The van der Waals surface area contributed by atoms with E-state index in [0.717, 1.165) is 4.90 Å². The number of rotatable bonds is 6. The van der Waals surface area contributed by atoms with E-state index < -0.39 is 0 Å². The molecule has 1 atom stereocenters. The van der Waals surface area contributed by atoms with Crippen molar-refractivity contribution in [1.82, 2.24) is 0 Å². The molecular formula is C17H18O3S. The summed E-state index contributed by atoms with van der Waals surface area (Å²) in [7, 11) is 3.14. The van der Waals surface area contributed by atoms with Crippen LogP contribution in [0.1, 0.15) is 17.3 Å². The molecule has 1 unspecified atom stereocenters. The minimum Gasteiger partial charge on any atom is -0.493 e. The van der Waals surface area contributed by atoms with Gasteiger partial charge in [-0.1, -0.05) is 18.2 Å². The van der Waals surface area contributed by atoms with Crippen molar-refractivity contribution in [2.24, 2.45) is 0 Å². The fourth-order valence-corrected chi connectivity index (χ4v) is 2.95. The topological polar surface area (TPSA) is 35.5 Å². The molecule has 0 bridgehead atoms. The summed E-state index contributed by atoms with van der Waals surface area (Å²) in [5.41, 5.74) is 0.628. The van der Waals surface area contributed by atoms with Gasteiger partial charge in [0, 0.05) is 10.5 Å². The molecule has 110 valence electrons. The van der Waals surface area contributed by atoms with E-state index in [1.165, 1.54) is 0 Å². The lowest BCUT2D eigenvalue weighted by Gasteiger charge is -2.12. The van der Waals surface area contributed by atoms with Crippen molar-refractivity contribution in [3.05, 3.63) is 54.1 Å². The van der Waals surface area contributed by atoms with Crippen LogP contribution in [0.25, 0.3) is 0 Å². The van der Waals surface area contributed by atoms with Crippen molar-refractivity contribution in [3.63, 3.8) is 0 Å². The first-order valence-corrected chi connectivity index (χ1v) is 7.51. The normalized spacial score (nSPS) is 11.8. The van der Waals surface area contributed by atoms with E-state index in [2.05, 4.69) is 0 Å². The summed E-state index contributed by atoms with van der Waals surface area (Å²) in [6.45, 7) is 1.91. The Morgan fingerprint density at radius 1 is 1.00 bits per heavy atom. The molecular weight excluding hydrogens is 284 g/mol. The third-order valence-corrected chi connectivity index (χ3v) is 4.21. The van der Waals surface area contributed by atoms with Gasteiger partial charge in [0.15, 0.2) is 17.3 Å². The average molecular weight is 302 g/mol. The average Bonchev–Trinajstić information content (AvgIpc) is 2.54. The van der Waals surface area contributed by atoms with Crippen LogP contribution >= 0.6 is 11.8 Å². The molecule has 0 spiro atoms. The zero-order valence-electron chi connectivity index (χ0n) is 12.3. The van der Waals surface area contributed by atoms with E-state index >= 15 is 0 Å². The fourth-order valence-electron chi connectivity index (χ4n) is 1.98. The second-order valence-electron chi connectivity index (χ2n) is 4.51. The van der Waals surface area contributed by atoms with Crippen LogP contribution in [0.3, 0.4) is 0 Å². The van der Waals surface area contributed by atoms with Gasteiger partial charge in [-0.15, -0.1) is 11.8 Å². The molecule has 0 aliphatic rings. The number of carbonyl (C=O) groups excluding carboxylic acids is 1. The van der Waals surface area contributed by atoms with Crippen LogP contribution in [0.4, 0.5) is 0 Å². The molecule has 0 saturated heterocycles. The Morgan fingerprint density at radius 3 is 2.29 bits per heavy atom. The van der Waals surface area contributed by atoms with Crippen LogP contribution < -0.4 is 9.47 Å². The zero-order chi connectivity index (χ0) is 15.2. The Kier molecular flexibility index (Phi) is 5.28. The standard InChI is InChI=1S/C17H18O3S/c1-12(21-14-7-5-4-6-8-14)17(18)13-9-10-15(19-2)16(11-13)20-3/h4-12H,1-3H3. The van der Waals surface area contributed by atoms with Crippen LogP contribution in [0.2, 0.25) is 0 Å². The number of hydrogen-bond donors (Lipinski definition) is 0. The molecule has 2 aromatic rings. The van der Waals surface area contributed by atoms with Crippen molar-refractivity contribution in [2.75, 3.05) is 14.2 Å². The Bertz CT molecular complexity index is 611. The van der Waals surface area contributed by atoms with Crippen LogP contribution in [0, 0.1) is 0 Å². The Labute approximate surface area is 129 Å². The predicted molar refractivity (Wildman–Crippen MR) is 85.6 cm³/mol. The predicted octanol–water partition coefficient (Wildman–Crippen LogP) is 4.07. The molecule has 2 rings (SSSR count). The summed E-state index contributed by atoms with van der Waals surface area (Å²) in [5, 5.41) is -0.162. The third kappa shape index (κ3) is 3.79. The van der Waals surface area contributed by atoms with Crippen molar-refractivity contribution in [2.45, 2.75) is 17.1 Å². The number of hydrogen-bond acceptors (Lipinski definition) is 4. The lowest BCUT2D eigenvalue weighted by Crippen LogP contribution is -2.13. The van der Waals surface area contributed by atoms with Crippen molar-refractivity contribution >= 4 is 17.5 Å². The van der Waals surface area contributed by atoms with E-state index in [4.69, 9.17) is 9.47 Å². The lowest BCUT2D eigenvalue weighted by molar-refractivity contribution is 0.0993. The molecule has 2 aromatic carbocycles. The molecule has 0 amide bonds. The number of thioether (sulfide) groups is 1. The largest absolute Gasteiger partial charge is 0.493 e. The van der Waals surface area contributed by atoms with Gasteiger partial charge in [-0.3, -0.25) is 4.79 Å². The van der Waals surface area contributed by atoms with E-state index in [-0.39, 0.29) is 11.0 Å².